The monoisotopic (exact) mass is 413 g/mol. The van der Waals surface area contributed by atoms with Crippen molar-refractivity contribution in [1.82, 2.24) is 4.98 Å². The lowest BCUT2D eigenvalue weighted by atomic mass is 9.87. The molecule has 0 radical (unpaired) electrons. The van der Waals surface area contributed by atoms with Gasteiger partial charge in [-0.15, -0.1) is 0 Å². The first kappa shape index (κ1) is 19.2. The van der Waals surface area contributed by atoms with Crippen LogP contribution in [0.5, 0.6) is 0 Å². The Morgan fingerprint density at radius 2 is 1.72 bits per heavy atom. The Morgan fingerprint density at radius 3 is 2.38 bits per heavy atom. The van der Waals surface area contributed by atoms with Gasteiger partial charge in [-0.3, -0.25) is 9.62 Å². The molecule has 1 aliphatic carbocycles. The molecule has 0 bridgehead atoms. The summed E-state index contributed by atoms with van der Waals surface area (Å²) in [6.07, 6.45) is 6.31. The Morgan fingerprint density at radius 1 is 1.00 bits per heavy atom. The summed E-state index contributed by atoms with van der Waals surface area (Å²) < 4.78 is 27.7. The molecular weight excluding hydrogens is 390 g/mol. The highest BCUT2D eigenvalue weighted by molar-refractivity contribution is 7.92. The highest BCUT2D eigenvalue weighted by atomic mass is 32.2. The maximum atomic E-state index is 12.6. The van der Waals surface area contributed by atoms with Crippen molar-refractivity contribution in [1.29, 1.82) is 0 Å². The number of nitrogens with one attached hydrogen (secondary N) is 1. The third-order valence-corrected chi connectivity index (χ3v) is 6.53. The molecule has 5 N–H and O–H groups in total. The molecule has 1 aliphatic heterocycles. The maximum Gasteiger partial charge on any atom is 0.263 e. The zero-order valence-corrected chi connectivity index (χ0v) is 16.6. The van der Waals surface area contributed by atoms with Crippen molar-refractivity contribution in [3.63, 3.8) is 0 Å². The third kappa shape index (κ3) is 3.75. The van der Waals surface area contributed by atoms with Crippen LogP contribution in [0.4, 0.5) is 11.5 Å². The summed E-state index contributed by atoms with van der Waals surface area (Å²) in [4.78, 5) is 14.7. The van der Waals surface area contributed by atoms with E-state index in [-0.39, 0.29) is 22.6 Å². The number of aliphatic imine (C=N–C) groups is 2. The molecule has 2 heterocycles. The normalized spacial score (nSPS) is 18.8. The van der Waals surface area contributed by atoms with Crippen LogP contribution in [0, 0.1) is 0 Å². The van der Waals surface area contributed by atoms with E-state index in [9.17, 15) is 8.42 Å². The molecule has 0 atom stereocenters. The van der Waals surface area contributed by atoms with Gasteiger partial charge in [-0.05, 0) is 62.1 Å². The van der Waals surface area contributed by atoms with E-state index in [1.54, 1.807) is 30.3 Å². The van der Waals surface area contributed by atoms with E-state index in [4.69, 9.17) is 11.5 Å². The fraction of sp³-hybridized carbons (Fsp3) is 0.316. The summed E-state index contributed by atoms with van der Waals surface area (Å²) in [7, 11) is -3.76. The second-order valence-electron chi connectivity index (χ2n) is 7.13. The topological polar surface area (TPSA) is 139 Å². The Kier molecular flexibility index (Phi) is 4.87. The van der Waals surface area contributed by atoms with Gasteiger partial charge in [-0.25, -0.2) is 18.4 Å². The van der Waals surface area contributed by atoms with E-state index in [1.165, 1.54) is 18.3 Å². The molecule has 29 heavy (non-hydrogen) atoms. The second-order valence-corrected chi connectivity index (χ2v) is 8.82. The highest BCUT2D eigenvalue weighted by Crippen LogP contribution is 2.39. The second kappa shape index (κ2) is 7.36. The van der Waals surface area contributed by atoms with Gasteiger partial charge in [0.25, 0.3) is 10.0 Å². The first-order chi connectivity index (χ1) is 13.9. The minimum Gasteiger partial charge on any atom is -0.369 e. The van der Waals surface area contributed by atoms with E-state index < -0.39 is 15.7 Å². The number of hydrogen-bond acceptors (Lipinski definition) is 8. The molecule has 2 aromatic rings. The lowest BCUT2D eigenvalue weighted by Gasteiger charge is -2.45. The largest absolute Gasteiger partial charge is 0.369 e. The molecule has 9 nitrogen and oxygen atoms in total. The maximum absolute atomic E-state index is 12.6. The summed E-state index contributed by atoms with van der Waals surface area (Å²) in [6, 6.07) is 11.5. The fourth-order valence-corrected chi connectivity index (χ4v) is 4.90. The van der Waals surface area contributed by atoms with Crippen molar-refractivity contribution in [3.8, 4) is 0 Å². The van der Waals surface area contributed by atoms with Gasteiger partial charge in [-0.1, -0.05) is 12.5 Å². The number of aromatic nitrogens is 1. The van der Waals surface area contributed by atoms with Gasteiger partial charge in [0.15, 0.2) is 0 Å². The minimum absolute atomic E-state index is 0.125. The Hall–Kier alpha value is -3.14. The first-order valence-electron chi connectivity index (χ1n) is 9.43. The number of hydrogen-bond donors (Lipinski definition) is 3. The number of rotatable bonds is 4. The lowest BCUT2D eigenvalue weighted by Crippen LogP contribution is -2.58. The molecule has 0 saturated heterocycles. The predicted octanol–water partition coefficient (Wildman–Crippen LogP) is 1.99. The van der Waals surface area contributed by atoms with Crippen LogP contribution in [0.3, 0.4) is 0 Å². The van der Waals surface area contributed by atoms with Crippen molar-refractivity contribution in [2.75, 3.05) is 9.62 Å². The third-order valence-electron chi connectivity index (χ3n) is 5.16. The number of nitrogens with two attached hydrogens (primary N) is 2. The van der Waals surface area contributed by atoms with Crippen LogP contribution < -0.4 is 21.1 Å². The van der Waals surface area contributed by atoms with Gasteiger partial charge in [0, 0.05) is 11.9 Å². The molecule has 1 fully saturated rings. The summed E-state index contributed by atoms with van der Waals surface area (Å²) >= 11 is 0. The molecule has 152 valence electrons. The van der Waals surface area contributed by atoms with Gasteiger partial charge in [0.2, 0.25) is 11.9 Å². The predicted molar refractivity (Wildman–Crippen MR) is 113 cm³/mol. The van der Waals surface area contributed by atoms with Gasteiger partial charge >= 0.3 is 0 Å². The quantitative estimate of drug-likeness (QED) is 0.700. The van der Waals surface area contributed by atoms with Crippen molar-refractivity contribution < 1.29 is 8.42 Å². The average Bonchev–Trinajstić information content (AvgIpc) is 2.69. The van der Waals surface area contributed by atoms with Crippen molar-refractivity contribution >= 4 is 33.4 Å². The fourth-order valence-electron chi connectivity index (χ4n) is 3.89. The molecule has 0 amide bonds. The van der Waals surface area contributed by atoms with Gasteiger partial charge in [0.05, 0.1) is 4.90 Å². The molecular formula is C19H23N7O2S. The van der Waals surface area contributed by atoms with Crippen LogP contribution in [0.2, 0.25) is 0 Å². The van der Waals surface area contributed by atoms with Gasteiger partial charge in [0.1, 0.15) is 11.5 Å². The highest BCUT2D eigenvalue weighted by Gasteiger charge is 2.42. The van der Waals surface area contributed by atoms with Crippen LogP contribution in [0.1, 0.15) is 32.1 Å². The zero-order chi connectivity index (χ0) is 20.5. The molecule has 1 aromatic heterocycles. The number of benzene rings is 1. The Bertz CT molecular complexity index is 1040. The van der Waals surface area contributed by atoms with Gasteiger partial charge < -0.3 is 11.5 Å². The van der Waals surface area contributed by atoms with Crippen LogP contribution in [-0.2, 0) is 10.0 Å². The standard InChI is InChI=1S/C19H23N7O2S/c20-17-23-18(21)26(19(24-17)11-3-1-4-12-19)14-7-9-15(10-8-14)29(27,28)25-16-6-2-5-13-22-16/h2,5-10,13H,1,3-4,11-12H2,(H,22,25)(H4,20,21,23,24). The SMILES string of the molecule is NC1=NC2(CCCCC2)N(c2ccc(S(=O)(=O)Nc3ccccn3)cc2)C(N)=N1. The number of guanidine groups is 2. The molecule has 10 heteroatoms. The van der Waals surface area contributed by atoms with Crippen LogP contribution in [-0.4, -0.2) is 31.0 Å². The number of nitrogens with zero attached hydrogens (tertiary/aromatic N) is 4. The van der Waals surface area contributed by atoms with Gasteiger partial charge in [-0.2, -0.15) is 4.99 Å². The number of pyridine rings is 1. The summed E-state index contributed by atoms with van der Waals surface area (Å²) in [6.45, 7) is 0. The van der Waals surface area contributed by atoms with Crippen molar-refractivity contribution in [2.45, 2.75) is 42.7 Å². The summed E-state index contributed by atoms with van der Waals surface area (Å²) in [5.74, 6) is 0.705. The minimum atomic E-state index is -3.76. The number of anilines is 2. The molecule has 1 aromatic carbocycles. The van der Waals surface area contributed by atoms with E-state index >= 15 is 0 Å². The summed E-state index contributed by atoms with van der Waals surface area (Å²) in [5.41, 5.74) is 12.3. The molecule has 4 rings (SSSR count). The Labute approximate surface area is 169 Å². The van der Waals surface area contributed by atoms with E-state index in [0.29, 0.717) is 0 Å². The van der Waals surface area contributed by atoms with E-state index in [2.05, 4.69) is 19.7 Å². The van der Waals surface area contributed by atoms with Crippen LogP contribution in [0.25, 0.3) is 0 Å². The van der Waals surface area contributed by atoms with E-state index in [0.717, 1.165) is 37.8 Å². The van der Waals surface area contributed by atoms with Crippen molar-refractivity contribution in [2.24, 2.45) is 21.5 Å². The number of sulfonamides is 1. The molecule has 1 saturated carbocycles. The van der Waals surface area contributed by atoms with Crippen LogP contribution in [0.15, 0.2) is 63.5 Å². The average molecular weight is 414 g/mol. The molecule has 2 aliphatic rings. The Balaban J connectivity index is 1.64. The van der Waals surface area contributed by atoms with Crippen molar-refractivity contribution in [3.05, 3.63) is 48.7 Å². The first-order valence-corrected chi connectivity index (χ1v) is 10.9. The summed E-state index contributed by atoms with van der Waals surface area (Å²) in [5, 5.41) is 0. The lowest BCUT2D eigenvalue weighted by molar-refractivity contribution is 0.305. The van der Waals surface area contributed by atoms with Crippen LogP contribution >= 0.6 is 0 Å². The smallest absolute Gasteiger partial charge is 0.263 e. The van der Waals surface area contributed by atoms with E-state index in [1.807, 2.05) is 4.90 Å². The molecule has 0 unspecified atom stereocenters. The zero-order valence-electron chi connectivity index (χ0n) is 15.8. The molecule has 1 spiro atoms.